The van der Waals surface area contributed by atoms with E-state index in [9.17, 15) is 18.3 Å². The van der Waals surface area contributed by atoms with E-state index in [1.165, 1.54) is 4.90 Å². The molecule has 1 aromatic carbocycles. The predicted molar refractivity (Wildman–Crippen MR) is 87.7 cm³/mol. The van der Waals surface area contributed by atoms with Gasteiger partial charge in [-0.2, -0.15) is 8.42 Å². The summed E-state index contributed by atoms with van der Waals surface area (Å²) in [5.74, 6) is -0.509. The zero-order valence-corrected chi connectivity index (χ0v) is 14.4. The number of hydrogen-bond donors (Lipinski definition) is 2. The highest BCUT2D eigenvalue weighted by atomic mass is 32.2. The van der Waals surface area contributed by atoms with E-state index in [1.54, 1.807) is 7.05 Å². The highest BCUT2D eigenvalue weighted by Crippen LogP contribution is 2.31. The lowest BCUT2D eigenvalue weighted by Gasteiger charge is -2.35. The third-order valence-electron chi connectivity index (χ3n) is 4.49. The Balaban J connectivity index is 1.81. The molecule has 0 aliphatic heterocycles. The largest absolute Gasteiger partial charge is 0.445 e. The van der Waals surface area contributed by atoms with Crippen molar-refractivity contribution in [2.45, 2.75) is 43.8 Å². The lowest BCUT2D eigenvalue weighted by molar-refractivity contribution is 0.0683. The second-order valence-electron chi connectivity index (χ2n) is 6.13. The van der Waals surface area contributed by atoms with Crippen molar-refractivity contribution in [2.24, 2.45) is 5.92 Å². The topological polar surface area (TPSA) is 104 Å². The lowest BCUT2D eigenvalue weighted by atomic mass is 9.86. The molecule has 1 aliphatic rings. The van der Waals surface area contributed by atoms with E-state index in [2.05, 4.69) is 0 Å². The van der Waals surface area contributed by atoms with Crippen molar-refractivity contribution in [3.8, 4) is 0 Å². The lowest BCUT2D eigenvalue weighted by Crippen LogP contribution is -2.42. The van der Waals surface area contributed by atoms with Gasteiger partial charge in [-0.1, -0.05) is 30.3 Å². The molecule has 0 spiro atoms. The number of carbonyl (C=O) groups excluding carboxylic acids is 1. The van der Waals surface area contributed by atoms with Crippen LogP contribution in [0.3, 0.4) is 0 Å². The second kappa shape index (κ2) is 7.96. The molecule has 1 saturated carbocycles. The predicted octanol–water partition coefficient (Wildman–Crippen LogP) is 2.02. The van der Waals surface area contributed by atoms with Gasteiger partial charge in [0, 0.05) is 19.0 Å². The number of carbonyl (C=O) groups is 1. The molecular formula is C16H23NO6S. The zero-order valence-electron chi connectivity index (χ0n) is 13.5. The molecule has 2 N–H and O–H groups in total. The van der Waals surface area contributed by atoms with Crippen LogP contribution in [0.15, 0.2) is 30.3 Å². The van der Waals surface area contributed by atoms with Crippen LogP contribution in [0.4, 0.5) is 4.79 Å². The minimum atomic E-state index is -4.45. The van der Waals surface area contributed by atoms with Crippen molar-refractivity contribution in [3.63, 3.8) is 0 Å². The molecule has 2 rings (SSSR count). The number of amides is 1. The summed E-state index contributed by atoms with van der Waals surface area (Å²) in [6.07, 6.45) is 1.50. The average molecular weight is 357 g/mol. The quantitative estimate of drug-likeness (QED) is 0.781. The van der Waals surface area contributed by atoms with Crippen molar-refractivity contribution in [3.05, 3.63) is 35.9 Å². The Labute approximate surface area is 142 Å². The molecule has 0 bridgehead atoms. The third-order valence-corrected chi connectivity index (χ3v) is 5.49. The molecule has 1 amide bonds. The van der Waals surface area contributed by atoms with E-state index in [4.69, 9.17) is 9.29 Å². The molecule has 0 heterocycles. The maximum atomic E-state index is 12.1. The summed E-state index contributed by atoms with van der Waals surface area (Å²) in [5.41, 5.74) is -0.854. The highest BCUT2D eigenvalue weighted by molar-refractivity contribution is 7.86. The average Bonchev–Trinajstić information content (AvgIpc) is 2.58. The normalized spacial score (nSPS) is 22.6. The van der Waals surface area contributed by atoms with Gasteiger partial charge in [-0.3, -0.25) is 4.55 Å². The van der Waals surface area contributed by atoms with Gasteiger partial charge in [-0.25, -0.2) is 4.79 Å². The van der Waals surface area contributed by atoms with Gasteiger partial charge in [0.1, 0.15) is 6.61 Å². The monoisotopic (exact) mass is 357 g/mol. The van der Waals surface area contributed by atoms with Crippen LogP contribution in [0.25, 0.3) is 0 Å². The molecule has 7 nitrogen and oxygen atoms in total. The molecule has 0 aromatic heterocycles. The molecule has 0 radical (unpaired) electrons. The Kier molecular flexibility index (Phi) is 6.20. The Morgan fingerprint density at radius 3 is 2.38 bits per heavy atom. The minimum absolute atomic E-state index is 0.0712. The highest BCUT2D eigenvalue weighted by Gasteiger charge is 2.35. The summed E-state index contributed by atoms with van der Waals surface area (Å²) in [4.78, 5) is 13.6. The van der Waals surface area contributed by atoms with E-state index in [0.717, 1.165) is 5.56 Å². The molecule has 24 heavy (non-hydrogen) atoms. The Hall–Kier alpha value is -1.64. The first-order chi connectivity index (χ1) is 11.3. The van der Waals surface area contributed by atoms with Gasteiger partial charge in [0.25, 0.3) is 10.1 Å². The van der Waals surface area contributed by atoms with Crippen LogP contribution in [0.5, 0.6) is 0 Å². The first-order valence-electron chi connectivity index (χ1n) is 7.87. The van der Waals surface area contributed by atoms with Crippen molar-refractivity contribution in [1.82, 2.24) is 4.90 Å². The van der Waals surface area contributed by atoms with Crippen molar-refractivity contribution < 1.29 is 27.6 Å². The van der Waals surface area contributed by atoms with Crippen molar-refractivity contribution in [1.29, 1.82) is 0 Å². The van der Waals surface area contributed by atoms with Crippen LogP contribution in [0, 0.1) is 5.92 Å². The van der Waals surface area contributed by atoms with Gasteiger partial charge in [-0.15, -0.1) is 0 Å². The molecule has 0 saturated heterocycles. The summed E-state index contributed by atoms with van der Waals surface area (Å²) >= 11 is 0. The van der Waals surface area contributed by atoms with Crippen molar-refractivity contribution >= 4 is 16.2 Å². The van der Waals surface area contributed by atoms with Crippen LogP contribution in [-0.4, -0.2) is 47.6 Å². The second-order valence-corrected chi connectivity index (χ2v) is 7.64. The van der Waals surface area contributed by atoms with E-state index in [-0.39, 0.29) is 12.6 Å². The van der Waals surface area contributed by atoms with Gasteiger partial charge in [0.2, 0.25) is 0 Å². The van der Waals surface area contributed by atoms with Crippen LogP contribution >= 0.6 is 0 Å². The van der Waals surface area contributed by atoms with E-state index in [0.29, 0.717) is 25.7 Å². The molecule has 1 aliphatic carbocycles. The summed E-state index contributed by atoms with van der Waals surface area (Å²) in [5, 5.41) is 9.61. The van der Waals surface area contributed by atoms with Crippen LogP contribution in [0.1, 0.15) is 31.2 Å². The number of benzene rings is 1. The summed E-state index contributed by atoms with van der Waals surface area (Å²) in [7, 11) is -2.80. The van der Waals surface area contributed by atoms with Crippen LogP contribution in [0.2, 0.25) is 0 Å². The Morgan fingerprint density at radius 2 is 1.83 bits per heavy atom. The molecule has 8 heteroatoms. The first kappa shape index (κ1) is 18.7. The standard InChI is InChI=1S/C16H23NO6S/c1-17(16(19)23-11-12-5-3-2-4-6-12)14-9-7-13(8-10-14)15(18)24(20,21)22/h2-6,13-15,18H,7-11H2,1H3,(H,20,21,22). The molecule has 1 unspecified atom stereocenters. The fourth-order valence-electron chi connectivity index (χ4n) is 2.99. The van der Waals surface area contributed by atoms with E-state index in [1.807, 2.05) is 30.3 Å². The summed E-state index contributed by atoms with van der Waals surface area (Å²) < 4.78 is 36.2. The van der Waals surface area contributed by atoms with Gasteiger partial charge in [0.05, 0.1) is 0 Å². The van der Waals surface area contributed by atoms with Crippen LogP contribution in [-0.2, 0) is 21.5 Å². The smallest absolute Gasteiger partial charge is 0.410 e. The minimum Gasteiger partial charge on any atom is -0.445 e. The number of hydrogen-bond acceptors (Lipinski definition) is 5. The van der Waals surface area contributed by atoms with Gasteiger partial charge in [-0.05, 0) is 31.2 Å². The maximum absolute atomic E-state index is 12.1. The van der Waals surface area contributed by atoms with E-state index >= 15 is 0 Å². The molecule has 1 atom stereocenters. The van der Waals surface area contributed by atoms with Crippen molar-refractivity contribution in [2.75, 3.05) is 7.05 Å². The van der Waals surface area contributed by atoms with Gasteiger partial charge >= 0.3 is 6.09 Å². The van der Waals surface area contributed by atoms with Gasteiger partial charge in [0.15, 0.2) is 5.44 Å². The Morgan fingerprint density at radius 1 is 1.25 bits per heavy atom. The fourth-order valence-corrected chi connectivity index (χ4v) is 3.75. The number of ether oxygens (including phenoxy) is 1. The van der Waals surface area contributed by atoms with Gasteiger partial charge < -0.3 is 14.7 Å². The number of aliphatic hydroxyl groups is 1. The maximum Gasteiger partial charge on any atom is 0.410 e. The third kappa shape index (κ3) is 4.93. The van der Waals surface area contributed by atoms with E-state index < -0.39 is 27.6 Å². The number of aliphatic hydroxyl groups excluding tert-OH is 1. The summed E-state index contributed by atoms with van der Waals surface area (Å²) in [6.45, 7) is 0.195. The van der Waals surface area contributed by atoms with Crippen LogP contribution < -0.4 is 0 Å². The molecule has 1 fully saturated rings. The summed E-state index contributed by atoms with van der Waals surface area (Å²) in [6, 6.07) is 9.29. The first-order valence-corrected chi connectivity index (χ1v) is 9.37. The molecular weight excluding hydrogens is 334 g/mol. The fraction of sp³-hybridized carbons (Fsp3) is 0.562. The number of rotatable bonds is 5. The molecule has 134 valence electrons. The molecule has 1 aromatic rings. The SMILES string of the molecule is CN(C(=O)OCc1ccccc1)C1CCC(C(O)S(=O)(=O)O)CC1. The number of nitrogens with zero attached hydrogens (tertiary/aromatic N) is 1. The Bertz CT molecular complexity index is 640. The zero-order chi connectivity index (χ0) is 17.7.